The lowest BCUT2D eigenvalue weighted by Crippen LogP contribution is -2.43. The summed E-state index contributed by atoms with van der Waals surface area (Å²) in [6, 6.07) is 3.40. The largest absolute Gasteiger partial charge is 0.331 e. The number of aromatic nitrogens is 1. The summed E-state index contributed by atoms with van der Waals surface area (Å²) in [5.74, 6) is -0.0883. The molecule has 1 aromatic heterocycles. The first-order valence-corrected chi connectivity index (χ1v) is 5.12. The lowest BCUT2D eigenvalue weighted by Gasteiger charge is -2.26. The van der Waals surface area contributed by atoms with E-state index in [2.05, 4.69) is 10.3 Å². The van der Waals surface area contributed by atoms with Crippen molar-refractivity contribution in [3.63, 3.8) is 0 Å². The highest BCUT2D eigenvalue weighted by Gasteiger charge is 2.20. The molecule has 0 aromatic carbocycles. The van der Waals surface area contributed by atoms with Gasteiger partial charge < -0.3 is 10.2 Å². The minimum Gasteiger partial charge on any atom is -0.331 e. The van der Waals surface area contributed by atoms with E-state index in [4.69, 9.17) is 11.6 Å². The van der Waals surface area contributed by atoms with Gasteiger partial charge in [0, 0.05) is 25.8 Å². The van der Waals surface area contributed by atoms with Gasteiger partial charge in [0.05, 0.1) is 12.1 Å². The lowest BCUT2D eigenvalue weighted by molar-refractivity contribution is 0.0782. The number of nitrogens with one attached hydrogen (secondary N) is 1. The van der Waals surface area contributed by atoms with Crippen LogP contribution in [0.2, 0.25) is 5.15 Å². The molecule has 2 rings (SSSR count). The molecule has 1 aliphatic heterocycles. The fraction of sp³-hybridized carbons (Fsp3) is 0.300. The minimum atomic E-state index is -0.0883. The van der Waals surface area contributed by atoms with Crippen LogP contribution in [0.4, 0.5) is 0 Å². The van der Waals surface area contributed by atoms with Crippen LogP contribution in [0.15, 0.2) is 18.3 Å². The number of carbonyl (C=O) groups is 1. The van der Waals surface area contributed by atoms with E-state index in [9.17, 15) is 4.79 Å². The van der Waals surface area contributed by atoms with E-state index in [1.54, 1.807) is 23.2 Å². The highest BCUT2D eigenvalue weighted by atomic mass is 35.5. The van der Waals surface area contributed by atoms with Crippen molar-refractivity contribution < 1.29 is 4.79 Å². The molecule has 5 heteroatoms. The summed E-state index contributed by atoms with van der Waals surface area (Å²) in [4.78, 5) is 17.5. The molecule has 79 valence electrons. The molecule has 1 saturated heterocycles. The molecule has 15 heavy (non-hydrogen) atoms. The molecular formula is C10H11ClN3O. The standard InChI is InChI=1S/C10H11ClN3O/c11-9-8(2-1-3-13-9)10(15)14-6-4-12-5-7-14/h1-3,6,12H,4-5,7H2. The van der Waals surface area contributed by atoms with Crippen LogP contribution in [-0.2, 0) is 0 Å². The molecule has 0 atom stereocenters. The van der Waals surface area contributed by atoms with Crippen molar-refractivity contribution in [3.8, 4) is 0 Å². The third-order valence-corrected chi connectivity index (χ3v) is 2.54. The van der Waals surface area contributed by atoms with E-state index in [1.165, 1.54) is 0 Å². The van der Waals surface area contributed by atoms with Gasteiger partial charge in [-0.15, -0.1) is 0 Å². The lowest BCUT2D eigenvalue weighted by atomic mass is 10.2. The molecule has 1 radical (unpaired) electrons. The first-order chi connectivity index (χ1) is 7.29. The third-order valence-electron chi connectivity index (χ3n) is 2.24. The first-order valence-electron chi connectivity index (χ1n) is 4.74. The van der Waals surface area contributed by atoms with Gasteiger partial charge in [0.2, 0.25) is 0 Å². The topological polar surface area (TPSA) is 45.2 Å². The minimum absolute atomic E-state index is 0.0883. The van der Waals surface area contributed by atoms with Gasteiger partial charge >= 0.3 is 0 Å². The van der Waals surface area contributed by atoms with Crippen molar-refractivity contribution >= 4 is 17.5 Å². The molecule has 1 fully saturated rings. The first kappa shape index (κ1) is 10.4. The number of hydrogen-bond acceptors (Lipinski definition) is 3. The molecular weight excluding hydrogens is 214 g/mol. The molecule has 1 N–H and O–H groups in total. The maximum Gasteiger partial charge on any atom is 0.257 e. The maximum atomic E-state index is 12.0. The number of carbonyl (C=O) groups excluding carboxylic acids is 1. The fourth-order valence-corrected chi connectivity index (χ4v) is 1.65. The number of hydrogen-bond donors (Lipinski definition) is 1. The van der Waals surface area contributed by atoms with Gasteiger partial charge in [-0.05, 0) is 12.1 Å². The molecule has 1 amide bonds. The van der Waals surface area contributed by atoms with Gasteiger partial charge in [0.15, 0.2) is 0 Å². The average Bonchev–Trinajstić information content (AvgIpc) is 2.30. The summed E-state index contributed by atoms with van der Waals surface area (Å²) in [5.41, 5.74) is 0.456. The van der Waals surface area contributed by atoms with Crippen LogP contribution in [0.1, 0.15) is 10.4 Å². The second-order valence-electron chi connectivity index (χ2n) is 3.23. The van der Waals surface area contributed by atoms with E-state index >= 15 is 0 Å². The highest BCUT2D eigenvalue weighted by Crippen LogP contribution is 2.15. The molecule has 0 unspecified atom stereocenters. The molecule has 0 bridgehead atoms. The van der Waals surface area contributed by atoms with E-state index in [0.717, 1.165) is 6.54 Å². The number of nitrogens with zero attached hydrogens (tertiary/aromatic N) is 2. The predicted molar refractivity (Wildman–Crippen MR) is 57.5 cm³/mol. The normalized spacial score (nSPS) is 16.5. The molecule has 0 spiro atoms. The van der Waals surface area contributed by atoms with Gasteiger partial charge in [-0.25, -0.2) is 4.98 Å². The Kier molecular flexibility index (Phi) is 3.18. The number of halogens is 1. The van der Waals surface area contributed by atoms with E-state index in [-0.39, 0.29) is 11.1 Å². The summed E-state index contributed by atoms with van der Waals surface area (Å²) >= 11 is 5.85. The number of piperazine rings is 1. The smallest absolute Gasteiger partial charge is 0.257 e. The second kappa shape index (κ2) is 4.59. The van der Waals surface area contributed by atoms with Crippen LogP contribution < -0.4 is 5.32 Å². The zero-order valence-electron chi connectivity index (χ0n) is 8.11. The van der Waals surface area contributed by atoms with Crippen LogP contribution >= 0.6 is 11.6 Å². The number of rotatable bonds is 1. The van der Waals surface area contributed by atoms with Crippen LogP contribution in [0, 0.1) is 6.54 Å². The Labute approximate surface area is 93.2 Å². The van der Waals surface area contributed by atoms with Gasteiger partial charge in [-0.1, -0.05) is 11.6 Å². The van der Waals surface area contributed by atoms with Crippen molar-refractivity contribution in [2.24, 2.45) is 0 Å². The van der Waals surface area contributed by atoms with E-state index in [0.29, 0.717) is 18.7 Å². The fourth-order valence-electron chi connectivity index (χ4n) is 1.45. The van der Waals surface area contributed by atoms with Crippen molar-refractivity contribution in [2.75, 3.05) is 19.6 Å². The summed E-state index contributed by atoms with van der Waals surface area (Å²) in [6.07, 6.45) is 1.57. The van der Waals surface area contributed by atoms with Gasteiger partial charge in [-0.3, -0.25) is 4.79 Å². The highest BCUT2D eigenvalue weighted by molar-refractivity contribution is 6.32. The molecule has 1 aliphatic rings. The monoisotopic (exact) mass is 224 g/mol. The molecule has 2 heterocycles. The Bertz CT molecular complexity index is 363. The summed E-state index contributed by atoms with van der Waals surface area (Å²) < 4.78 is 0. The van der Waals surface area contributed by atoms with Crippen molar-refractivity contribution in [2.45, 2.75) is 0 Å². The predicted octanol–water partition coefficient (Wildman–Crippen LogP) is 0.942. The SMILES string of the molecule is O=C(c1cccnc1Cl)N1[CH]CNCC1. The van der Waals surface area contributed by atoms with Crippen LogP contribution in [0.3, 0.4) is 0 Å². The molecule has 4 nitrogen and oxygen atoms in total. The maximum absolute atomic E-state index is 12.0. The Morgan fingerprint density at radius 3 is 3.13 bits per heavy atom. The van der Waals surface area contributed by atoms with Crippen molar-refractivity contribution in [1.29, 1.82) is 0 Å². The average molecular weight is 225 g/mol. The summed E-state index contributed by atoms with van der Waals surface area (Å²) in [7, 11) is 0. The van der Waals surface area contributed by atoms with E-state index in [1.807, 2.05) is 6.54 Å². The van der Waals surface area contributed by atoms with Crippen molar-refractivity contribution in [1.82, 2.24) is 15.2 Å². The Morgan fingerprint density at radius 1 is 1.60 bits per heavy atom. The van der Waals surface area contributed by atoms with Crippen LogP contribution in [0.25, 0.3) is 0 Å². The zero-order chi connectivity index (χ0) is 10.7. The third kappa shape index (κ3) is 2.27. The molecule has 0 saturated carbocycles. The van der Waals surface area contributed by atoms with Crippen LogP contribution in [0.5, 0.6) is 0 Å². The Morgan fingerprint density at radius 2 is 2.47 bits per heavy atom. The van der Waals surface area contributed by atoms with Crippen LogP contribution in [-0.4, -0.2) is 35.4 Å². The number of pyridine rings is 1. The Hall–Kier alpha value is -1.13. The van der Waals surface area contributed by atoms with E-state index < -0.39 is 0 Å². The van der Waals surface area contributed by atoms with Gasteiger partial charge in [-0.2, -0.15) is 0 Å². The Balaban J connectivity index is 2.16. The van der Waals surface area contributed by atoms with Gasteiger partial charge in [0.25, 0.3) is 5.91 Å². The second-order valence-corrected chi connectivity index (χ2v) is 3.59. The number of amides is 1. The molecule has 0 aliphatic carbocycles. The molecule has 1 aromatic rings. The quantitative estimate of drug-likeness (QED) is 0.723. The summed E-state index contributed by atoms with van der Waals surface area (Å²) in [5, 5.41) is 3.40. The summed E-state index contributed by atoms with van der Waals surface area (Å²) in [6.45, 7) is 4.02. The zero-order valence-corrected chi connectivity index (χ0v) is 8.87. The van der Waals surface area contributed by atoms with Crippen molar-refractivity contribution in [3.05, 3.63) is 35.6 Å². The van der Waals surface area contributed by atoms with Gasteiger partial charge in [0.1, 0.15) is 5.15 Å².